The zero-order valence-electron chi connectivity index (χ0n) is 15.5. The van der Waals surface area contributed by atoms with Gasteiger partial charge in [0.05, 0.1) is 6.21 Å². The third-order valence-electron chi connectivity index (χ3n) is 3.89. The van der Waals surface area contributed by atoms with Gasteiger partial charge in [-0.1, -0.05) is 65.0 Å². The molecule has 1 heterocycles. The fourth-order valence-electron chi connectivity index (χ4n) is 2.34. The topological polar surface area (TPSA) is 98.5 Å². The number of amides is 1. The molecule has 0 saturated heterocycles. The number of Topliss-reactive ketones (excluding diaryl/α,β-unsaturated/α-hetero) is 1. The van der Waals surface area contributed by atoms with E-state index in [4.69, 9.17) is 4.74 Å². The van der Waals surface area contributed by atoms with Crippen molar-refractivity contribution in [2.75, 3.05) is 13.7 Å². The third kappa shape index (κ3) is 4.47. The highest BCUT2D eigenvalue weighted by Crippen LogP contribution is 2.16. The predicted octanol–water partition coefficient (Wildman–Crippen LogP) is 2.09. The van der Waals surface area contributed by atoms with Crippen molar-refractivity contribution in [1.29, 1.82) is 0 Å². The Balaban J connectivity index is 1.82. The molecule has 1 aromatic heterocycles. The number of nitrogens with one attached hydrogen (secondary N) is 1. The van der Waals surface area contributed by atoms with E-state index in [-0.39, 0.29) is 24.0 Å². The molecule has 28 heavy (non-hydrogen) atoms. The molecule has 0 aliphatic rings. The summed E-state index contributed by atoms with van der Waals surface area (Å²) >= 11 is 0. The van der Waals surface area contributed by atoms with Crippen LogP contribution in [-0.4, -0.2) is 46.7 Å². The molecule has 2 aromatic carbocycles. The van der Waals surface area contributed by atoms with Gasteiger partial charge in [0.15, 0.2) is 12.4 Å². The van der Waals surface area contributed by atoms with E-state index in [0.29, 0.717) is 5.56 Å². The highest BCUT2D eigenvalue weighted by atomic mass is 16.5. The van der Waals surface area contributed by atoms with Gasteiger partial charge in [0.25, 0.3) is 11.8 Å². The van der Waals surface area contributed by atoms with Crippen LogP contribution in [0.1, 0.15) is 32.0 Å². The Morgan fingerprint density at radius 1 is 1.14 bits per heavy atom. The number of carbonyl (C=O) groups is 2. The van der Waals surface area contributed by atoms with Crippen molar-refractivity contribution >= 4 is 17.9 Å². The predicted molar refractivity (Wildman–Crippen MR) is 104 cm³/mol. The molecule has 1 N–H and O–H groups in total. The van der Waals surface area contributed by atoms with Crippen molar-refractivity contribution < 1.29 is 14.3 Å². The molecule has 0 atom stereocenters. The van der Waals surface area contributed by atoms with Crippen molar-refractivity contribution in [3.05, 3.63) is 77.0 Å². The zero-order chi connectivity index (χ0) is 19.9. The molecule has 0 spiro atoms. The SMILES string of the molecule is CNC(=O)c1nnn(N=Cc2ccc(C)cc2)c1OCC(=O)c1ccccc1. The highest BCUT2D eigenvalue weighted by Gasteiger charge is 2.21. The van der Waals surface area contributed by atoms with Crippen molar-refractivity contribution in [1.82, 2.24) is 20.4 Å². The molecule has 3 rings (SSSR count). The van der Waals surface area contributed by atoms with Gasteiger partial charge in [0, 0.05) is 12.6 Å². The Morgan fingerprint density at radius 2 is 1.86 bits per heavy atom. The summed E-state index contributed by atoms with van der Waals surface area (Å²) in [7, 11) is 1.47. The Bertz CT molecular complexity index is 994. The van der Waals surface area contributed by atoms with E-state index in [9.17, 15) is 9.59 Å². The van der Waals surface area contributed by atoms with Crippen LogP contribution in [-0.2, 0) is 0 Å². The smallest absolute Gasteiger partial charge is 0.277 e. The minimum atomic E-state index is -0.487. The molecular weight excluding hydrogens is 358 g/mol. The fraction of sp³-hybridized carbons (Fsp3) is 0.150. The van der Waals surface area contributed by atoms with Gasteiger partial charge >= 0.3 is 0 Å². The van der Waals surface area contributed by atoms with E-state index in [1.165, 1.54) is 7.05 Å². The van der Waals surface area contributed by atoms with Crippen LogP contribution in [0, 0.1) is 6.92 Å². The zero-order valence-corrected chi connectivity index (χ0v) is 15.5. The third-order valence-corrected chi connectivity index (χ3v) is 3.89. The standard InChI is InChI=1S/C20H19N5O3/c1-14-8-10-15(11-9-14)12-22-25-20(18(23-24-25)19(27)21-2)28-13-17(26)16-6-4-3-5-7-16/h3-12H,13H2,1-2H3,(H,21,27). The van der Waals surface area contributed by atoms with Crippen LogP contribution in [0.5, 0.6) is 5.88 Å². The van der Waals surface area contributed by atoms with Crippen LogP contribution in [0.4, 0.5) is 0 Å². The Hall–Kier alpha value is -3.81. The van der Waals surface area contributed by atoms with Crippen molar-refractivity contribution in [3.8, 4) is 5.88 Å². The van der Waals surface area contributed by atoms with E-state index in [0.717, 1.165) is 15.9 Å². The van der Waals surface area contributed by atoms with Gasteiger partial charge in [0.1, 0.15) is 0 Å². The Kier molecular flexibility index (Phi) is 5.91. The number of aromatic nitrogens is 3. The second-order valence-corrected chi connectivity index (χ2v) is 5.94. The van der Waals surface area contributed by atoms with Crippen molar-refractivity contribution in [3.63, 3.8) is 0 Å². The van der Waals surface area contributed by atoms with Gasteiger partial charge in [-0.15, -0.1) is 5.10 Å². The van der Waals surface area contributed by atoms with Crippen LogP contribution in [0.15, 0.2) is 59.7 Å². The van der Waals surface area contributed by atoms with Gasteiger partial charge in [-0.2, -0.15) is 5.10 Å². The van der Waals surface area contributed by atoms with Crippen LogP contribution in [0.25, 0.3) is 0 Å². The number of carbonyl (C=O) groups excluding carboxylic acids is 2. The lowest BCUT2D eigenvalue weighted by atomic mass is 10.1. The van der Waals surface area contributed by atoms with Crippen molar-refractivity contribution in [2.24, 2.45) is 5.10 Å². The molecule has 1 amide bonds. The van der Waals surface area contributed by atoms with E-state index in [1.807, 2.05) is 37.3 Å². The Morgan fingerprint density at radius 3 is 2.54 bits per heavy atom. The maximum absolute atomic E-state index is 12.3. The number of ether oxygens (including phenoxy) is 1. The fourth-order valence-corrected chi connectivity index (χ4v) is 2.34. The molecule has 0 radical (unpaired) electrons. The second-order valence-electron chi connectivity index (χ2n) is 5.94. The van der Waals surface area contributed by atoms with Crippen LogP contribution < -0.4 is 10.1 Å². The van der Waals surface area contributed by atoms with E-state index in [2.05, 4.69) is 20.7 Å². The highest BCUT2D eigenvalue weighted by molar-refractivity contribution is 5.97. The maximum Gasteiger partial charge on any atom is 0.277 e. The first kappa shape index (κ1) is 19.0. The maximum atomic E-state index is 12.3. The molecule has 0 bridgehead atoms. The van der Waals surface area contributed by atoms with Gasteiger partial charge in [-0.25, -0.2) is 0 Å². The van der Waals surface area contributed by atoms with Crippen LogP contribution in [0.2, 0.25) is 0 Å². The van der Waals surface area contributed by atoms with Gasteiger partial charge in [-0.05, 0) is 17.7 Å². The lowest BCUT2D eigenvalue weighted by Gasteiger charge is -2.06. The average molecular weight is 377 g/mol. The monoisotopic (exact) mass is 377 g/mol. The van der Waals surface area contributed by atoms with Crippen LogP contribution >= 0.6 is 0 Å². The molecule has 8 nitrogen and oxygen atoms in total. The molecular formula is C20H19N5O3. The number of nitrogens with zero attached hydrogens (tertiary/aromatic N) is 4. The minimum absolute atomic E-state index is 0.00741. The first-order valence-corrected chi connectivity index (χ1v) is 8.58. The second kappa shape index (κ2) is 8.72. The molecule has 0 saturated carbocycles. The molecule has 0 aliphatic heterocycles. The van der Waals surface area contributed by atoms with Gasteiger partial charge in [0.2, 0.25) is 5.69 Å². The lowest BCUT2D eigenvalue weighted by molar-refractivity contribution is 0.0898. The molecule has 0 aliphatic carbocycles. The molecule has 3 aromatic rings. The molecule has 142 valence electrons. The molecule has 8 heteroatoms. The quantitative estimate of drug-likeness (QED) is 0.502. The number of ketones is 1. The van der Waals surface area contributed by atoms with Gasteiger partial charge in [-0.3, -0.25) is 9.59 Å². The normalized spacial score (nSPS) is 10.8. The van der Waals surface area contributed by atoms with E-state index in [1.54, 1.807) is 30.5 Å². The lowest BCUT2D eigenvalue weighted by Crippen LogP contribution is -2.21. The van der Waals surface area contributed by atoms with E-state index < -0.39 is 5.91 Å². The summed E-state index contributed by atoms with van der Waals surface area (Å²) in [5.74, 6) is -0.732. The molecule has 0 unspecified atom stereocenters. The largest absolute Gasteiger partial charge is 0.466 e. The summed E-state index contributed by atoms with van der Waals surface area (Å²) in [6.07, 6.45) is 1.56. The average Bonchev–Trinajstić information content (AvgIpc) is 3.14. The Labute approximate surface area is 161 Å². The minimum Gasteiger partial charge on any atom is -0.466 e. The number of benzene rings is 2. The number of hydrogen-bond acceptors (Lipinski definition) is 6. The summed E-state index contributed by atoms with van der Waals surface area (Å²) in [5.41, 5.74) is 2.42. The number of rotatable bonds is 7. The summed E-state index contributed by atoms with van der Waals surface area (Å²) in [6.45, 7) is 1.71. The van der Waals surface area contributed by atoms with E-state index >= 15 is 0 Å². The molecule has 0 fully saturated rings. The van der Waals surface area contributed by atoms with Gasteiger partial charge < -0.3 is 10.1 Å². The first-order chi connectivity index (χ1) is 13.6. The van der Waals surface area contributed by atoms with Crippen molar-refractivity contribution in [2.45, 2.75) is 6.92 Å². The summed E-state index contributed by atoms with van der Waals surface area (Å²) in [5, 5.41) is 14.3. The first-order valence-electron chi connectivity index (χ1n) is 8.58. The van der Waals surface area contributed by atoms with Crippen LogP contribution in [0.3, 0.4) is 0 Å². The summed E-state index contributed by atoms with van der Waals surface area (Å²) in [4.78, 5) is 25.4. The number of hydrogen-bond donors (Lipinski definition) is 1. The summed E-state index contributed by atoms with van der Waals surface area (Å²) < 4.78 is 5.57. The number of aryl methyl sites for hydroxylation is 1. The summed E-state index contributed by atoms with van der Waals surface area (Å²) in [6, 6.07) is 16.4.